The van der Waals surface area contributed by atoms with Crippen LogP contribution in [0.5, 0.6) is 0 Å². The fraction of sp³-hybridized carbons (Fsp3) is 0.400. The molecule has 0 aliphatic rings. The molecule has 0 fully saturated rings. The Morgan fingerprint density at radius 2 is 2.18 bits per heavy atom. The molecule has 0 unspecified atom stereocenters. The average Bonchev–Trinajstić information content (AvgIpc) is 2.28. The lowest BCUT2D eigenvalue weighted by Crippen LogP contribution is -2.30. The van der Waals surface area contributed by atoms with Gasteiger partial charge in [-0.15, -0.1) is 0 Å². The number of nitrogens with zero attached hydrogens (tertiary/aromatic N) is 2. The van der Waals surface area contributed by atoms with Crippen molar-refractivity contribution in [3.63, 3.8) is 0 Å². The van der Waals surface area contributed by atoms with Crippen LogP contribution >= 0.6 is 0 Å². The topological polar surface area (TPSA) is 87.6 Å². The highest BCUT2D eigenvalue weighted by molar-refractivity contribution is 7.89. The smallest absolute Gasteiger partial charge is 0.304 e. The van der Waals surface area contributed by atoms with Crippen molar-refractivity contribution in [3.8, 4) is 0 Å². The average molecular weight is 258 g/mol. The number of hydrogen-bond acceptors (Lipinski definition) is 4. The van der Waals surface area contributed by atoms with Crippen molar-refractivity contribution >= 4 is 16.0 Å². The minimum atomic E-state index is -3.54. The summed E-state index contributed by atoms with van der Waals surface area (Å²) in [5, 5.41) is 8.45. The highest BCUT2D eigenvalue weighted by Gasteiger charge is 2.19. The molecular formula is C10H14N2O4S. The van der Waals surface area contributed by atoms with E-state index >= 15 is 0 Å². The van der Waals surface area contributed by atoms with Gasteiger partial charge in [-0.3, -0.25) is 9.78 Å². The maximum atomic E-state index is 11.7. The number of aliphatic carboxylic acids is 1. The van der Waals surface area contributed by atoms with Crippen molar-refractivity contribution in [1.29, 1.82) is 0 Å². The van der Waals surface area contributed by atoms with Gasteiger partial charge in [0.05, 0.1) is 24.4 Å². The Morgan fingerprint density at radius 1 is 1.47 bits per heavy atom. The van der Waals surface area contributed by atoms with Gasteiger partial charge in [-0.25, -0.2) is 8.42 Å². The quantitative estimate of drug-likeness (QED) is 0.793. The molecule has 0 aliphatic heterocycles. The Kier molecular flexibility index (Phi) is 4.59. The summed E-state index contributed by atoms with van der Waals surface area (Å²) in [4.78, 5) is 14.3. The molecule has 0 spiro atoms. The molecule has 0 saturated carbocycles. The van der Waals surface area contributed by atoms with E-state index in [-0.39, 0.29) is 6.54 Å². The fourth-order valence-electron chi connectivity index (χ4n) is 1.19. The second-order valence-corrected chi connectivity index (χ2v) is 5.73. The van der Waals surface area contributed by atoms with Gasteiger partial charge in [0.1, 0.15) is 0 Å². The number of carboxylic acid groups (broad SMARTS) is 1. The summed E-state index contributed by atoms with van der Waals surface area (Å²) in [6, 6.07) is 5.21. The monoisotopic (exact) mass is 258 g/mol. The van der Waals surface area contributed by atoms with Gasteiger partial charge < -0.3 is 5.11 Å². The summed E-state index contributed by atoms with van der Waals surface area (Å²) < 4.78 is 24.5. The Labute approximate surface area is 100.0 Å². The highest BCUT2D eigenvalue weighted by atomic mass is 32.2. The molecule has 94 valence electrons. The van der Waals surface area contributed by atoms with Crippen LogP contribution in [0.4, 0.5) is 0 Å². The zero-order valence-electron chi connectivity index (χ0n) is 9.41. The summed E-state index contributed by atoms with van der Waals surface area (Å²) in [5.74, 6) is -1.52. The molecule has 1 aromatic heterocycles. The Morgan fingerprint density at radius 3 is 2.71 bits per heavy atom. The Bertz CT molecular complexity index is 472. The van der Waals surface area contributed by atoms with E-state index in [1.807, 2.05) is 0 Å². The molecular weight excluding hydrogens is 244 g/mol. The van der Waals surface area contributed by atoms with E-state index in [0.717, 1.165) is 4.31 Å². The maximum Gasteiger partial charge on any atom is 0.304 e. The lowest BCUT2D eigenvalue weighted by molar-refractivity contribution is -0.136. The van der Waals surface area contributed by atoms with Gasteiger partial charge in [0.15, 0.2) is 0 Å². The molecule has 0 saturated heterocycles. The third-order valence-electron chi connectivity index (χ3n) is 2.16. The van der Waals surface area contributed by atoms with Crippen molar-refractivity contribution < 1.29 is 18.3 Å². The van der Waals surface area contributed by atoms with E-state index < -0.39 is 28.2 Å². The first-order valence-electron chi connectivity index (χ1n) is 4.97. The van der Waals surface area contributed by atoms with Crippen LogP contribution in [-0.2, 0) is 21.4 Å². The predicted octanol–water partition coefficient (Wildman–Crippen LogP) is 0.318. The van der Waals surface area contributed by atoms with Crippen LogP contribution in [0.2, 0.25) is 0 Å². The van der Waals surface area contributed by atoms with Gasteiger partial charge in [-0.05, 0) is 12.1 Å². The minimum Gasteiger partial charge on any atom is -0.481 e. The summed E-state index contributed by atoms with van der Waals surface area (Å²) in [6.45, 7) is 0.142. The van der Waals surface area contributed by atoms with Crippen LogP contribution in [0.15, 0.2) is 24.4 Å². The summed E-state index contributed by atoms with van der Waals surface area (Å²) in [5.41, 5.74) is 0.619. The molecule has 0 bridgehead atoms. The molecule has 0 aliphatic carbocycles. The number of hydrogen-bond donors (Lipinski definition) is 1. The number of rotatable bonds is 6. The van der Waals surface area contributed by atoms with E-state index in [0.29, 0.717) is 5.69 Å². The van der Waals surface area contributed by atoms with Crippen molar-refractivity contribution in [2.24, 2.45) is 0 Å². The number of aromatic nitrogens is 1. The molecule has 17 heavy (non-hydrogen) atoms. The predicted molar refractivity (Wildman–Crippen MR) is 61.7 cm³/mol. The first-order valence-corrected chi connectivity index (χ1v) is 6.58. The van der Waals surface area contributed by atoms with Gasteiger partial charge in [0.2, 0.25) is 10.0 Å². The first-order chi connectivity index (χ1) is 7.92. The van der Waals surface area contributed by atoms with E-state index in [1.165, 1.54) is 7.05 Å². The van der Waals surface area contributed by atoms with Crippen LogP contribution in [0.3, 0.4) is 0 Å². The van der Waals surface area contributed by atoms with Gasteiger partial charge in [-0.1, -0.05) is 6.07 Å². The Balaban J connectivity index is 2.63. The van der Waals surface area contributed by atoms with E-state index in [2.05, 4.69) is 4.98 Å². The fourth-order valence-corrected chi connectivity index (χ4v) is 2.26. The molecule has 0 amide bonds. The van der Waals surface area contributed by atoms with Crippen LogP contribution in [0.25, 0.3) is 0 Å². The van der Waals surface area contributed by atoms with E-state index in [1.54, 1.807) is 24.4 Å². The second-order valence-electron chi connectivity index (χ2n) is 3.54. The second kappa shape index (κ2) is 5.74. The molecule has 1 aromatic rings. The summed E-state index contributed by atoms with van der Waals surface area (Å²) in [6.07, 6.45) is 1.18. The lowest BCUT2D eigenvalue weighted by Gasteiger charge is -2.15. The summed E-state index contributed by atoms with van der Waals surface area (Å²) >= 11 is 0. The largest absolute Gasteiger partial charge is 0.481 e. The van der Waals surface area contributed by atoms with Gasteiger partial charge in [0, 0.05) is 13.2 Å². The zero-order valence-corrected chi connectivity index (χ0v) is 10.2. The maximum absolute atomic E-state index is 11.7. The molecule has 1 heterocycles. The number of carboxylic acids is 1. The third kappa shape index (κ3) is 4.49. The van der Waals surface area contributed by atoms with Crippen LogP contribution in [0.1, 0.15) is 12.1 Å². The number of pyridine rings is 1. The van der Waals surface area contributed by atoms with Crippen LogP contribution < -0.4 is 0 Å². The standard InChI is InChI=1S/C10H14N2O4S/c1-12(8-9-4-2-3-6-11-9)17(15,16)7-5-10(13)14/h2-4,6H,5,7-8H2,1H3,(H,13,14). The lowest BCUT2D eigenvalue weighted by atomic mass is 10.3. The molecule has 7 heteroatoms. The van der Waals surface area contributed by atoms with Crippen molar-refractivity contribution in [1.82, 2.24) is 9.29 Å². The van der Waals surface area contributed by atoms with Gasteiger partial charge >= 0.3 is 5.97 Å². The highest BCUT2D eigenvalue weighted by Crippen LogP contribution is 2.06. The van der Waals surface area contributed by atoms with Crippen molar-refractivity contribution in [2.45, 2.75) is 13.0 Å². The molecule has 1 N–H and O–H groups in total. The van der Waals surface area contributed by atoms with Crippen molar-refractivity contribution in [2.75, 3.05) is 12.8 Å². The minimum absolute atomic E-state index is 0.142. The van der Waals surface area contributed by atoms with E-state index in [9.17, 15) is 13.2 Å². The van der Waals surface area contributed by atoms with Crippen LogP contribution in [-0.4, -0.2) is 41.6 Å². The van der Waals surface area contributed by atoms with Gasteiger partial charge in [-0.2, -0.15) is 4.31 Å². The molecule has 0 atom stereocenters. The van der Waals surface area contributed by atoms with E-state index in [4.69, 9.17) is 5.11 Å². The molecule has 1 rings (SSSR count). The molecule has 6 nitrogen and oxygen atoms in total. The first kappa shape index (κ1) is 13.6. The SMILES string of the molecule is CN(Cc1ccccn1)S(=O)(=O)CCC(=O)O. The van der Waals surface area contributed by atoms with Crippen LogP contribution in [0, 0.1) is 0 Å². The summed E-state index contributed by atoms with van der Waals surface area (Å²) in [7, 11) is -2.13. The zero-order chi connectivity index (χ0) is 12.9. The normalized spacial score (nSPS) is 11.6. The molecule has 0 radical (unpaired) electrons. The number of carbonyl (C=O) groups is 1. The Hall–Kier alpha value is -1.47. The third-order valence-corrected chi connectivity index (χ3v) is 3.96. The molecule has 0 aromatic carbocycles. The van der Waals surface area contributed by atoms with Crippen molar-refractivity contribution in [3.05, 3.63) is 30.1 Å². The van der Waals surface area contributed by atoms with Gasteiger partial charge in [0.25, 0.3) is 0 Å². The number of sulfonamides is 1.